The molecule has 10 heteroatoms. The number of nitrogens with zero attached hydrogens (tertiary/aromatic N) is 2. The maximum atomic E-state index is 14.1. The second-order valence-corrected chi connectivity index (χ2v) is 12.3. The number of likely N-dealkylation sites (tertiary alicyclic amines) is 2. The number of amides is 1. The van der Waals surface area contributed by atoms with Crippen LogP contribution in [0.2, 0.25) is 0 Å². The van der Waals surface area contributed by atoms with E-state index in [2.05, 4.69) is 9.88 Å². The molecule has 3 aromatic rings. The Labute approximate surface area is 235 Å². The lowest BCUT2D eigenvalue weighted by Gasteiger charge is -2.54. The van der Waals surface area contributed by atoms with Gasteiger partial charge in [-0.3, -0.25) is 9.69 Å². The number of aryl methyl sites for hydroxylation is 1. The number of rotatable bonds is 6. The van der Waals surface area contributed by atoms with Gasteiger partial charge in [-0.2, -0.15) is 13.2 Å². The van der Waals surface area contributed by atoms with E-state index in [1.54, 1.807) is 19.2 Å². The highest BCUT2D eigenvalue weighted by Gasteiger charge is 2.58. The molecule has 1 spiro atoms. The van der Waals surface area contributed by atoms with Gasteiger partial charge in [-0.15, -0.1) is 0 Å². The van der Waals surface area contributed by atoms with E-state index in [1.807, 2.05) is 37.4 Å². The molecule has 0 bridgehead atoms. The zero-order chi connectivity index (χ0) is 29.2. The Balaban J connectivity index is 1.24. The third-order valence-electron chi connectivity index (χ3n) is 9.26. The van der Waals surface area contributed by atoms with Gasteiger partial charge in [0.2, 0.25) is 5.92 Å². The largest absolute Gasteiger partial charge is 0.496 e. The summed E-state index contributed by atoms with van der Waals surface area (Å²) in [5.41, 5.74) is 4.09. The summed E-state index contributed by atoms with van der Waals surface area (Å²) in [6.07, 6.45) is -2.14. The zero-order valence-electron chi connectivity index (χ0n) is 23.2. The first kappa shape index (κ1) is 28.0. The lowest BCUT2D eigenvalue weighted by atomic mass is 9.59. The van der Waals surface area contributed by atoms with Crippen molar-refractivity contribution in [3.05, 3.63) is 64.8 Å². The highest BCUT2D eigenvalue weighted by molar-refractivity contribution is 5.94. The van der Waals surface area contributed by atoms with Crippen molar-refractivity contribution in [3.8, 4) is 5.75 Å². The molecule has 1 N–H and O–H groups in total. The van der Waals surface area contributed by atoms with Crippen molar-refractivity contribution in [2.45, 2.75) is 63.7 Å². The normalized spacial score (nSPS) is 22.5. The summed E-state index contributed by atoms with van der Waals surface area (Å²) in [6.45, 7) is 3.44. The van der Waals surface area contributed by atoms with Gasteiger partial charge in [0.05, 0.1) is 7.11 Å². The minimum absolute atomic E-state index is 0.0965. The predicted molar refractivity (Wildman–Crippen MR) is 145 cm³/mol. The molecule has 2 saturated heterocycles. The number of alkyl halides is 5. The lowest BCUT2D eigenvalue weighted by Crippen LogP contribution is -2.53. The van der Waals surface area contributed by atoms with Crippen LogP contribution < -0.4 is 4.74 Å². The van der Waals surface area contributed by atoms with Gasteiger partial charge in [-0.1, -0.05) is 12.1 Å². The summed E-state index contributed by atoms with van der Waals surface area (Å²) < 4.78 is 71.8. The van der Waals surface area contributed by atoms with Gasteiger partial charge in [0, 0.05) is 79.1 Å². The first-order valence-corrected chi connectivity index (χ1v) is 14.1. The molecule has 1 atom stereocenters. The van der Waals surface area contributed by atoms with Gasteiger partial charge in [0.15, 0.2) is 0 Å². The number of hydrogen-bond acceptors (Lipinski definition) is 3. The number of benzene rings is 2. The van der Waals surface area contributed by atoms with Crippen LogP contribution >= 0.6 is 0 Å². The second kappa shape index (κ2) is 10.00. The summed E-state index contributed by atoms with van der Waals surface area (Å²) in [6, 6.07) is 11.1. The summed E-state index contributed by atoms with van der Waals surface area (Å²) in [4.78, 5) is 19.9. The SMILES string of the molecule is COc1cc(C)c2[nH]ccc2c1CN1CCC2(C[C@@H]1c1ccc(C(=O)N3CC(CC(F)(F)F)C3)cc1)CC(F)(F)C2. The van der Waals surface area contributed by atoms with Crippen molar-refractivity contribution >= 4 is 16.8 Å². The molecule has 2 aromatic carbocycles. The predicted octanol–water partition coefficient (Wildman–Crippen LogP) is 7.26. The Hall–Kier alpha value is -3.14. The van der Waals surface area contributed by atoms with E-state index < -0.39 is 29.9 Å². The molecule has 2 aliphatic heterocycles. The Morgan fingerprint density at radius 1 is 1.12 bits per heavy atom. The molecule has 3 aliphatic rings. The van der Waals surface area contributed by atoms with Gasteiger partial charge < -0.3 is 14.6 Å². The highest BCUT2D eigenvalue weighted by atomic mass is 19.4. The summed E-state index contributed by atoms with van der Waals surface area (Å²) in [5.74, 6) is -2.69. The van der Waals surface area contributed by atoms with Crippen molar-refractivity contribution in [2.75, 3.05) is 26.7 Å². The van der Waals surface area contributed by atoms with Crippen molar-refractivity contribution in [2.24, 2.45) is 11.3 Å². The first-order valence-electron chi connectivity index (χ1n) is 14.1. The molecule has 1 aliphatic carbocycles. The number of ether oxygens (including phenoxy) is 1. The average molecular weight is 576 g/mol. The van der Waals surface area contributed by atoms with Gasteiger partial charge in [0.25, 0.3) is 5.91 Å². The highest BCUT2D eigenvalue weighted by Crippen LogP contribution is 2.60. The maximum absolute atomic E-state index is 14.1. The van der Waals surface area contributed by atoms with Crippen LogP contribution in [-0.4, -0.2) is 59.5 Å². The maximum Gasteiger partial charge on any atom is 0.389 e. The van der Waals surface area contributed by atoms with Gasteiger partial charge in [0.1, 0.15) is 5.75 Å². The lowest BCUT2D eigenvalue weighted by molar-refractivity contribution is -0.186. The molecular formula is C31H34F5N3O2. The molecule has 1 saturated carbocycles. The van der Waals surface area contributed by atoms with Crippen molar-refractivity contribution < 1.29 is 31.5 Å². The standard InChI is InChI=1S/C31H34F5N3O2/c1-19-11-26(41-2)24(23-7-9-37-27(19)23)16-38-10-8-29(17-30(32,33)18-29)13-25(38)21-3-5-22(6-4-21)28(40)39-14-20(15-39)12-31(34,35)36/h3-7,9,11,20,25,37H,8,10,12-18H2,1-2H3/t25-/m1/s1. The number of methoxy groups -OCH3 is 1. The molecule has 3 heterocycles. The van der Waals surface area contributed by atoms with E-state index in [0.29, 0.717) is 31.5 Å². The number of halogens is 5. The minimum atomic E-state index is -4.23. The molecule has 0 radical (unpaired) electrons. The van der Waals surface area contributed by atoms with Crippen LogP contribution in [0.1, 0.15) is 65.2 Å². The third kappa shape index (κ3) is 5.43. The quantitative estimate of drug-likeness (QED) is 0.315. The van der Waals surface area contributed by atoms with Crippen molar-refractivity contribution in [1.29, 1.82) is 0 Å². The fourth-order valence-electron chi connectivity index (χ4n) is 7.27. The number of fused-ring (bicyclic) bond motifs is 1. The fraction of sp³-hybridized carbons (Fsp3) is 0.516. The Morgan fingerprint density at radius 2 is 1.83 bits per heavy atom. The van der Waals surface area contributed by atoms with E-state index in [1.165, 1.54) is 4.90 Å². The fourth-order valence-corrected chi connectivity index (χ4v) is 7.27. The van der Waals surface area contributed by atoms with Gasteiger partial charge in [-0.05, 0) is 67.1 Å². The van der Waals surface area contributed by atoms with E-state index in [4.69, 9.17) is 4.74 Å². The number of piperidine rings is 1. The molecule has 5 nitrogen and oxygen atoms in total. The second-order valence-electron chi connectivity index (χ2n) is 12.3. The summed E-state index contributed by atoms with van der Waals surface area (Å²) >= 11 is 0. The molecule has 6 rings (SSSR count). The van der Waals surface area contributed by atoms with Crippen LogP contribution in [0.4, 0.5) is 22.0 Å². The zero-order valence-corrected chi connectivity index (χ0v) is 23.2. The van der Waals surface area contributed by atoms with E-state index >= 15 is 0 Å². The van der Waals surface area contributed by atoms with Gasteiger partial charge >= 0.3 is 6.18 Å². The Kier molecular flexibility index (Phi) is 6.83. The third-order valence-corrected chi connectivity index (χ3v) is 9.26. The minimum Gasteiger partial charge on any atom is -0.496 e. The molecular weight excluding hydrogens is 541 g/mol. The van der Waals surface area contributed by atoms with Crippen LogP contribution in [0, 0.1) is 18.3 Å². The number of carbonyl (C=O) groups excluding carboxylic acids is 1. The number of H-pyrrole nitrogens is 1. The molecule has 41 heavy (non-hydrogen) atoms. The molecule has 220 valence electrons. The number of carbonyl (C=O) groups is 1. The average Bonchev–Trinajstić information content (AvgIpc) is 3.37. The Morgan fingerprint density at radius 3 is 2.46 bits per heavy atom. The summed E-state index contributed by atoms with van der Waals surface area (Å²) in [7, 11) is 1.65. The van der Waals surface area contributed by atoms with Crippen LogP contribution in [0.15, 0.2) is 42.6 Å². The van der Waals surface area contributed by atoms with Gasteiger partial charge in [-0.25, -0.2) is 8.78 Å². The van der Waals surface area contributed by atoms with Crippen LogP contribution in [0.3, 0.4) is 0 Å². The van der Waals surface area contributed by atoms with Crippen LogP contribution in [-0.2, 0) is 6.54 Å². The topological polar surface area (TPSA) is 48.6 Å². The smallest absolute Gasteiger partial charge is 0.389 e. The van der Waals surface area contributed by atoms with E-state index in [0.717, 1.165) is 33.3 Å². The molecule has 0 unspecified atom stereocenters. The molecule has 1 amide bonds. The van der Waals surface area contributed by atoms with Crippen molar-refractivity contribution in [3.63, 3.8) is 0 Å². The molecule has 3 fully saturated rings. The van der Waals surface area contributed by atoms with E-state index in [9.17, 15) is 26.7 Å². The monoisotopic (exact) mass is 575 g/mol. The number of aromatic nitrogens is 1. The number of hydrogen-bond donors (Lipinski definition) is 1. The number of aromatic amines is 1. The number of nitrogens with one attached hydrogen (secondary N) is 1. The molecule has 1 aromatic heterocycles. The van der Waals surface area contributed by atoms with Crippen LogP contribution in [0.5, 0.6) is 5.75 Å². The Bertz CT molecular complexity index is 1430. The first-order chi connectivity index (χ1) is 19.4. The van der Waals surface area contributed by atoms with E-state index in [-0.39, 0.29) is 37.9 Å². The van der Waals surface area contributed by atoms with Crippen molar-refractivity contribution in [1.82, 2.24) is 14.8 Å². The van der Waals surface area contributed by atoms with Crippen LogP contribution in [0.25, 0.3) is 10.9 Å². The summed E-state index contributed by atoms with van der Waals surface area (Å²) in [5, 5.41) is 1.07.